The van der Waals surface area contributed by atoms with E-state index in [0.29, 0.717) is 18.5 Å². The monoisotopic (exact) mass is 393 g/mol. The molecule has 0 N–H and O–H groups in total. The SMILES string of the molecule is CCN(C)CC(=O)N1CCC(N2CCC[C@@H](C(=O)N3CCN(C)CC3)C2)CC1. The molecular weight excluding hydrogens is 354 g/mol. The summed E-state index contributed by atoms with van der Waals surface area (Å²) < 4.78 is 0. The Morgan fingerprint density at radius 1 is 0.929 bits per heavy atom. The number of amides is 2. The average molecular weight is 394 g/mol. The molecule has 3 aliphatic rings. The number of hydrogen-bond acceptors (Lipinski definition) is 5. The van der Waals surface area contributed by atoms with E-state index in [1.165, 1.54) is 0 Å². The first-order chi connectivity index (χ1) is 13.5. The number of likely N-dealkylation sites (tertiary alicyclic amines) is 2. The molecule has 0 radical (unpaired) electrons. The van der Waals surface area contributed by atoms with E-state index in [0.717, 1.165) is 84.6 Å². The van der Waals surface area contributed by atoms with Crippen LogP contribution in [0.4, 0.5) is 0 Å². The fraction of sp³-hybridized carbons (Fsp3) is 0.905. The zero-order chi connectivity index (χ0) is 20.1. The number of likely N-dealkylation sites (N-methyl/N-ethyl adjacent to an activating group) is 2. The molecule has 2 amide bonds. The van der Waals surface area contributed by atoms with Gasteiger partial charge < -0.3 is 14.7 Å². The highest BCUT2D eigenvalue weighted by molar-refractivity contribution is 5.79. The van der Waals surface area contributed by atoms with E-state index in [2.05, 4.69) is 33.6 Å². The van der Waals surface area contributed by atoms with Crippen molar-refractivity contribution in [1.29, 1.82) is 0 Å². The van der Waals surface area contributed by atoms with Gasteiger partial charge in [-0.05, 0) is 52.9 Å². The summed E-state index contributed by atoms with van der Waals surface area (Å²) in [5.41, 5.74) is 0. The Balaban J connectivity index is 1.46. The first kappa shape index (κ1) is 21.5. The highest BCUT2D eigenvalue weighted by Gasteiger charge is 2.34. The van der Waals surface area contributed by atoms with Gasteiger partial charge in [0, 0.05) is 51.9 Å². The lowest BCUT2D eigenvalue weighted by molar-refractivity contribution is -0.139. The first-order valence-electron chi connectivity index (χ1n) is 11.2. The predicted octanol–water partition coefficient (Wildman–Crippen LogP) is 0.415. The molecule has 1 atom stereocenters. The molecule has 3 saturated heterocycles. The molecule has 0 saturated carbocycles. The molecule has 0 unspecified atom stereocenters. The highest BCUT2D eigenvalue weighted by Crippen LogP contribution is 2.25. The van der Waals surface area contributed by atoms with E-state index in [4.69, 9.17) is 0 Å². The number of hydrogen-bond donors (Lipinski definition) is 0. The lowest BCUT2D eigenvalue weighted by atomic mass is 9.92. The number of rotatable bonds is 5. The quantitative estimate of drug-likeness (QED) is 0.677. The fourth-order valence-corrected chi connectivity index (χ4v) is 4.75. The Bertz CT molecular complexity index is 527. The van der Waals surface area contributed by atoms with Gasteiger partial charge in [-0.3, -0.25) is 19.4 Å². The number of nitrogens with zero attached hydrogens (tertiary/aromatic N) is 5. The Morgan fingerprint density at radius 2 is 1.61 bits per heavy atom. The zero-order valence-electron chi connectivity index (χ0n) is 18.1. The van der Waals surface area contributed by atoms with Crippen molar-refractivity contribution in [1.82, 2.24) is 24.5 Å². The summed E-state index contributed by atoms with van der Waals surface area (Å²) in [4.78, 5) is 36.4. The van der Waals surface area contributed by atoms with E-state index in [1.54, 1.807) is 0 Å². The van der Waals surface area contributed by atoms with Crippen LogP contribution in [0.15, 0.2) is 0 Å². The summed E-state index contributed by atoms with van der Waals surface area (Å²) in [5.74, 6) is 0.785. The van der Waals surface area contributed by atoms with Crippen LogP contribution in [0.3, 0.4) is 0 Å². The molecule has 0 bridgehead atoms. The average Bonchev–Trinajstić information content (AvgIpc) is 2.74. The molecule has 0 aliphatic carbocycles. The van der Waals surface area contributed by atoms with Crippen LogP contribution in [0.2, 0.25) is 0 Å². The standard InChI is InChI=1S/C21H39N5O2/c1-4-22(2)17-20(27)24-10-7-19(8-11-24)26-9-5-6-18(16-26)21(28)25-14-12-23(3)13-15-25/h18-19H,4-17H2,1-3H3/t18-/m1/s1. The molecule has 3 fully saturated rings. The third-order valence-electron chi connectivity index (χ3n) is 6.90. The second-order valence-electron chi connectivity index (χ2n) is 8.91. The molecule has 0 aromatic heterocycles. The van der Waals surface area contributed by atoms with Crippen LogP contribution in [0, 0.1) is 5.92 Å². The highest BCUT2D eigenvalue weighted by atomic mass is 16.2. The van der Waals surface area contributed by atoms with Gasteiger partial charge in [-0.15, -0.1) is 0 Å². The maximum atomic E-state index is 13.0. The lowest BCUT2D eigenvalue weighted by Crippen LogP contribution is -2.54. The zero-order valence-corrected chi connectivity index (χ0v) is 18.1. The van der Waals surface area contributed by atoms with Gasteiger partial charge in [0.1, 0.15) is 0 Å². The minimum atomic E-state index is 0.162. The van der Waals surface area contributed by atoms with Crippen molar-refractivity contribution >= 4 is 11.8 Å². The molecule has 3 rings (SSSR count). The van der Waals surface area contributed by atoms with Crippen LogP contribution in [0.25, 0.3) is 0 Å². The normalized spacial score (nSPS) is 26.1. The first-order valence-corrected chi connectivity index (χ1v) is 11.2. The molecular formula is C21H39N5O2. The minimum Gasteiger partial charge on any atom is -0.341 e. The Kier molecular flexibility index (Phi) is 7.71. The summed E-state index contributed by atoms with van der Waals surface area (Å²) in [7, 11) is 4.12. The van der Waals surface area contributed by atoms with Gasteiger partial charge in [0.25, 0.3) is 0 Å². The van der Waals surface area contributed by atoms with Crippen molar-refractivity contribution in [2.45, 2.75) is 38.6 Å². The molecule has 3 aliphatic heterocycles. The summed E-state index contributed by atoms with van der Waals surface area (Å²) in [6.45, 7) is 10.9. The van der Waals surface area contributed by atoms with Crippen LogP contribution in [0.1, 0.15) is 32.6 Å². The van der Waals surface area contributed by atoms with Gasteiger partial charge >= 0.3 is 0 Å². The van der Waals surface area contributed by atoms with Crippen molar-refractivity contribution in [3.8, 4) is 0 Å². The molecule has 7 nitrogen and oxygen atoms in total. The van der Waals surface area contributed by atoms with Crippen LogP contribution < -0.4 is 0 Å². The Morgan fingerprint density at radius 3 is 2.25 bits per heavy atom. The van der Waals surface area contributed by atoms with E-state index in [1.807, 2.05) is 11.9 Å². The van der Waals surface area contributed by atoms with Crippen LogP contribution in [0.5, 0.6) is 0 Å². The van der Waals surface area contributed by atoms with E-state index in [-0.39, 0.29) is 11.8 Å². The summed E-state index contributed by atoms with van der Waals surface area (Å²) in [6, 6.07) is 0.524. The van der Waals surface area contributed by atoms with Gasteiger partial charge in [-0.25, -0.2) is 0 Å². The maximum Gasteiger partial charge on any atom is 0.236 e. The van der Waals surface area contributed by atoms with Crippen LogP contribution in [-0.4, -0.2) is 122 Å². The third kappa shape index (κ3) is 5.45. The molecule has 3 heterocycles. The topological polar surface area (TPSA) is 50.3 Å². The van der Waals surface area contributed by atoms with Crippen molar-refractivity contribution in [2.75, 3.05) is 79.5 Å². The molecule has 0 aromatic rings. The number of carbonyl (C=O) groups is 2. The molecule has 28 heavy (non-hydrogen) atoms. The molecule has 160 valence electrons. The largest absolute Gasteiger partial charge is 0.341 e. The van der Waals surface area contributed by atoms with E-state index in [9.17, 15) is 9.59 Å². The predicted molar refractivity (Wildman–Crippen MR) is 111 cm³/mol. The Hall–Kier alpha value is -1.18. The summed E-state index contributed by atoms with van der Waals surface area (Å²) in [6.07, 6.45) is 4.22. The third-order valence-corrected chi connectivity index (χ3v) is 6.90. The van der Waals surface area contributed by atoms with Gasteiger partial charge in [-0.1, -0.05) is 6.92 Å². The molecule has 0 aromatic carbocycles. The summed E-state index contributed by atoms with van der Waals surface area (Å²) >= 11 is 0. The Labute approximate surface area is 170 Å². The van der Waals surface area contributed by atoms with Gasteiger partial charge in [-0.2, -0.15) is 0 Å². The van der Waals surface area contributed by atoms with Gasteiger partial charge in [0.2, 0.25) is 11.8 Å². The maximum absolute atomic E-state index is 13.0. The van der Waals surface area contributed by atoms with Gasteiger partial charge in [0.05, 0.1) is 12.5 Å². The van der Waals surface area contributed by atoms with Gasteiger partial charge in [0.15, 0.2) is 0 Å². The second kappa shape index (κ2) is 10.0. The minimum absolute atomic E-state index is 0.162. The van der Waals surface area contributed by atoms with Crippen molar-refractivity contribution in [3.63, 3.8) is 0 Å². The van der Waals surface area contributed by atoms with Crippen molar-refractivity contribution < 1.29 is 9.59 Å². The van der Waals surface area contributed by atoms with Crippen molar-refractivity contribution in [2.24, 2.45) is 5.92 Å². The lowest BCUT2D eigenvalue weighted by Gasteiger charge is -2.43. The smallest absolute Gasteiger partial charge is 0.236 e. The number of piperidine rings is 2. The van der Waals surface area contributed by atoms with E-state index >= 15 is 0 Å². The number of piperazine rings is 1. The van der Waals surface area contributed by atoms with Crippen LogP contribution >= 0.6 is 0 Å². The molecule has 0 spiro atoms. The second-order valence-corrected chi connectivity index (χ2v) is 8.91. The van der Waals surface area contributed by atoms with Crippen molar-refractivity contribution in [3.05, 3.63) is 0 Å². The number of carbonyl (C=O) groups excluding carboxylic acids is 2. The van der Waals surface area contributed by atoms with Crippen LogP contribution in [-0.2, 0) is 9.59 Å². The summed E-state index contributed by atoms with van der Waals surface area (Å²) in [5, 5.41) is 0. The fourth-order valence-electron chi connectivity index (χ4n) is 4.75. The molecule has 7 heteroatoms. The van der Waals surface area contributed by atoms with E-state index < -0.39 is 0 Å².